The number of hydrogen-bond donors (Lipinski definition) is 0. The molecular weight excluding hydrogens is 468 g/mol. The van der Waals surface area contributed by atoms with E-state index in [1.165, 1.54) is 63.4 Å². The summed E-state index contributed by atoms with van der Waals surface area (Å²) in [6.45, 7) is 2.42. The van der Waals surface area contributed by atoms with Crippen molar-refractivity contribution in [3.8, 4) is 0 Å². The molecule has 0 atom stereocenters. The molecule has 2 aromatic carbocycles. The van der Waals surface area contributed by atoms with Crippen LogP contribution in [0.4, 0.5) is 0 Å². The number of hydrogen-bond acceptors (Lipinski definition) is 5. The summed E-state index contributed by atoms with van der Waals surface area (Å²) in [5.74, 6) is 3.83. The van der Waals surface area contributed by atoms with Crippen molar-refractivity contribution in [2.45, 2.75) is 77.0 Å². The summed E-state index contributed by atoms with van der Waals surface area (Å²) in [5, 5.41) is 17.6. The van der Waals surface area contributed by atoms with E-state index in [-0.39, 0.29) is 5.78 Å². The van der Waals surface area contributed by atoms with E-state index in [1.807, 2.05) is 30.3 Å². The number of carbonyl (C=O) groups is 1. The van der Waals surface area contributed by atoms with Crippen molar-refractivity contribution in [2.24, 2.45) is 17.8 Å². The van der Waals surface area contributed by atoms with E-state index >= 15 is 0 Å². The van der Waals surface area contributed by atoms with Gasteiger partial charge < -0.3 is 0 Å². The van der Waals surface area contributed by atoms with Crippen LogP contribution in [0.3, 0.4) is 0 Å². The van der Waals surface area contributed by atoms with E-state index in [0.29, 0.717) is 12.3 Å². The molecule has 37 heavy (non-hydrogen) atoms. The second kappa shape index (κ2) is 15.9. The zero-order valence-corrected chi connectivity index (χ0v) is 22.5. The Labute approximate surface area is 221 Å². The highest BCUT2D eigenvalue weighted by molar-refractivity contribution is 5.97. The fraction of sp³-hybridized carbons (Fsp3) is 0.567. The molecule has 0 spiro atoms. The first-order valence-corrected chi connectivity index (χ1v) is 13.5. The summed E-state index contributed by atoms with van der Waals surface area (Å²) >= 11 is 0. The molecule has 0 aromatic heterocycles. The van der Waals surface area contributed by atoms with Crippen LogP contribution in [-0.4, -0.2) is 29.7 Å². The van der Waals surface area contributed by atoms with Crippen molar-refractivity contribution in [1.82, 2.24) is 0 Å². The number of nitro groups is 2. The molecule has 0 amide bonds. The Kier molecular flexibility index (Phi) is 12.9. The summed E-state index contributed by atoms with van der Waals surface area (Å²) in [6.07, 6.45) is 13.3. The number of Topliss-reactive ketones (excluding diaryl/α,β-unsaturated/α-hetero) is 1. The zero-order valence-electron chi connectivity index (χ0n) is 22.5. The lowest BCUT2D eigenvalue weighted by Crippen LogP contribution is -2.19. The second-order valence-electron chi connectivity index (χ2n) is 10.7. The third-order valence-electron chi connectivity index (χ3n) is 7.56. The molecule has 0 bridgehead atoms. The zero-order chi connectivity index (χ0) is 27.2. The quantitative estimate of drug-likeness (QED) is 0.229. The van der Waals surface area contributed by atoms with Gasteiger partial charge >= 0.3 is 0 Å². The summed E-state index contributed by atoms with van der Waals surface area (Å²) in [7, 11) is 1.78. The molecular formula is C30H42N2O5. The van der Waals surface area contributed by atoms with Crippen LogP contribution in [0.5, 0.6) is 0 Å². The van der Waals surface area contributed by atoms with Crippen LogP contribution in [0.15, 0.2) is 54.6 Å². The molecule has 2 saturated carbocycles. The van der Waals surface area contributed by atoms with Crippen molar-refractivity contribution >= 4 is 5.78 Å². The number of rotatable bonds is 6. The number of carbonyl (C=O) groups excluding carboxylic acids is 1. The third kappa shape index (κ3) is 12.1. The molecule has 2 fully saturated rings. The van der Waals surface area contributed by atoms with Gasteiger partial charge in [0.25, 0.3) is 0 Å². The van der Waals surface area contributed by atoms with E-state index in [2.05, 4.69) is 31.2 Å². The van der Waals surface area contributed by atoms with Gasteiger partial charge in [-0.05, 0) is 66.9 Å². The molecule has 7 heteroatoms. The Morgan fingerprint density at radius 1 is 0.757 bits per heavy atom. The standard InChI is InChI=1S/C28H36O.2CH3NO2/c1-21-7-9-23(10-8-21)19-24-11-13-25(14-12-24)26-15-17-27(18-16-26)28(29)20-22-5-3-2-4-6-22;2*1-2(3)4/h2-6,15-18,21,23-25H,7-14,19-20H2,1H3;2*1H3. The van der Waals surface area contributed by atoms with Crippen molar-refractivity contribution in [1.29, 1.82) is 0 Å². The van der Waals surface area contributed by atoms with Crippen LogP contribution >= 0.6 is 0 Å². The fourth-order valence-electron chi connectivity index (χ4n) is 5.59. The first-order chi connectivity index (χ1) is 17.6. The molecule has 0 unspecified atom stereocenters. The maximum absolute atomic E-state index is 12.6. The Hall–Kier alpha value is -3.09. The summed E-state index contributed by atoms with van der Waals surface area (Å²) in [4.78, 5) is 29.2. The predicted octanol–water partition coefficient (Wildman–Crippen LogP) is 7.39. The first-order valence-electron chi connectivity index (χ1n) is 13.5. The van der Waals surface area contributed by atoms with Gasteiger partial charge in [-0.15, -0.1) is 0 Å². The van der Waals surface area contributed by atoms with Crippen LogP contribution < -0.4 is 0 Å². The molecule has 0 aliphatic heterocycles. The molecule has 2 aromatic rings. The molecule has 0 radical (unpaired) electrons. The Morgan fingerprint density at radius 3 is 1.70 bits per heavy atom. The summed E-state index contributed by atoms with van der Waals surface area (Å²) in [5.41, 5.74) is 3.37. The SMILES string of the molecule is CC1CCC(CC2CCC(c3ccc(C(=O)Cc4ccccc4)cc3)CC2)CC1.C[N+](=O)[O-].C[N+](=O)[O-]. The van der Waals surface area contributed by atoms with E-state index in [4.69, 9.17) is 20.2 Å². The molecule has 7 nitrogen and oxygen atoms in total. The highest BCUT2D eigenvalue weighted by Crippen LogP contribution is 2.41. The van der Waals surface area contributed by atoms with Crippen LogP contribution in [0.1, 0.15) is 92.1 Å². The second-order valence-corrected chi connectivity index (χ2v) is 10.7. The molecule has 0 N–H and O–H groups in total. The van der Waals surface area contributed by atoms with E-state index in [1.54, 1.807) is 0 Å². The average Bonchev–Trinajstić information content (AvgIpc) is 2.86. The maximum Gasteiger partial charge on any atom is 0.194 e. The van der Waals surface area contributed by atoms with Gasteiger partial charge in [0.05, 0.1) is 0 Å². The lowest BCUT2D eigenvalue weighted by molar-refractivity contribution is -0.445. The number of benzene rings is 2. The topological polar surface area (TPSA) is 103 Å². The molecule has 2 aliphatic carbocycles. The molecule has 202 valence electrons. The fourth-order valence-corrected chi connectivity index (χ4v) is 5.59. The summed E-state index contributed by atoms with van der Waals surface area (Å²) < 4.78 is 0. The van der Waals surface area contributed by atoms with Gasteiger partial charge in [-0.3, -0.25) is 25.0 Å². The van der Waals surface area contributed by atoms with Gasteiger partial charge in [-0.2, -0.15) is 0 Å². The van der Waals surface area contributed by atoms with E-state index < -0.39 is 9.85 Å². The van der Waals surface area contributed by atoms with Gasteiger partial charge in [-0.1, -0.05) is 87.2 Å². The van der Waals surface area contributed by atoms with Gasteiger partial charge in [0.15, 0.2) is 19.9 Å². The van der Waals surface area contributed by atoms with Crippen LogP contribution in [-0.2, 0) is 6.42 Å². The maximum atomic E-state index is 12.6. The average molecular weight is 511 g/mol. The van der Waals surface area contributed by atoms with Gasteiger partial charge in [0.2, 0.25) is 0 Å². The smallest absolute Gasteiger partial charge is 0.194 e. The molecule has 0 saturated heterocycles. The first kappa shape index (κ1) is 30.1. The highest BCUT2D eigenvalue weighted by atomic mass is 16.6. The van der Waals surface area contributed by atoms with Crippen molar-refractivity contribution in [2.75, 3.05) is 14.1 Å². The minimum atomic E-state index is -0.500. The Morgan fingerprint density at radius 2 is 1.22 bits per heavy atom. The molecule has 4 rings (SSSR count). The van der Waals surface area contributed by atoms with Gasteiger partial charge in [0.1, 0.15) is 0 Å². The largest absolute Gasteiger partial charge is 0.294 e. The molecule has 2 aliphatic rings. The van der Waals surface area contributed by atoms with Crippen molar-refractivity contribution in [3.63, 3.8) is 0 Å². The lowest BCUT2D eigenvalue weighted by atomic mass is 9.72. The van der Waals surface area contributed by atoms with Crippen molar-refractivity contribution in [3.05, 3.63) is 91.5 Å². The molecule has 0 heterocycles. The number of ketones is 1. The minimum Gasteiger partial charge on any atom is -0.294 e. The van der Waals surface area contributed by atoms with Crippen molar-refractivity contribution < 1.29 is 14.6 Å². The van der Waals surface area contributed by atoms with Crippen LogP contribution in [0, 0.1) is 38.0 Å². The van der Waals surface area contributed by atoms with Gasteiger partial charge in [-0.25, -0.2) is 0 Å². The number of nitrogens with zero attached hydrogens (tertiary/aromatic N) is 2. The Bertz CT molecular complexity index is 941. The summed E-state index contributed by atoms with van der Waals surface area (Å²) in [6, 6.07) is 18.6. The van der Waals surface area contributed by atoms with Gasteiger partial charge in [0, 0.05) is 21.8 Å². The van der Waals surface area contributed by atoms with Crippen LogP contribution in [0.25, 0.3) is 0 Å². The van der Waals surface area contributed by atoms with E-state index in [0.717, 1.165) is 43.0 Å². The Balaban J connectivity index is 0.000000530. The predicted molar refractivity (Wildman–Crippen MR) is 147 cm³/mol. The lowest BCUT2D eigenvalue weighted by Gasteiger charge is -2.33. The minimum absolute atomic E-state index is 0.216. The highest BCUT2D eigenvalue weighted by Gasteiger charge is 2.26. The van der Waals surface area contributed by atoms with Crippen LogP contribution in [0.2, 0.25) is 0 Å². The normalized spacial score (nSPS) is 22.9. The third-order valence-corrected chi connectivity index (χ3v) is 7.56. The monoisotopic (exact) mass is 510 g/mol. The van der Waals surface area contributed by atoms with E-state index in [9.17, 15) is 4.79 Å².